The molecule has 0 radical (unpaired) electrons. The maximum Gasteiger partial charge on any atom is 0.0123 e. The first kappa shape index (κ1) is 14.9. The predicted molar refractivity (Wildman–Crippen MR) is 69.4 cm³/mol. The van der Waals surface area contributed by atoms with Gasteiger partial charge in [-0.15, -0.1) is 0 Å². The molecule has 0 rings (SSSR count). The fourth-order valence-electron chi connectivity index (χ4n) is 1.65. The molecule has 15 heavy (non-hydrogen) atoms. The summed E-state index contributed by atoms with van der Waals surface area (Å²) >= 11 is 0. The van der Waals surface area contributed by atoms with Gasteiger partial charge in [0.05, 0.1) is 0 Å². The van der Waals surface area contributed by atoms with Crippen LogP contribution >= 0.6 is 0 Å². The molecule has 0 spiro atoms. The minimum Gasteiger partial charge on any atom is -0.311 e. The van der Waals surface area contributed by atoms with Crippen LogP contribution in [0.1, 0.15) is 53.9 Å². The van der Waals surface area contributed by atoms with Crippen molar-refractivity contribution < 1.29 is 0 Å². The lowest BCUT2D eigenvalue weighted by molar-refractivity contribution is 0.257. The van der Waals surface area contributed by atoms with E-state index in [9.17, 15) is 0 Å². The van der Waals surface area contributed by atoms with Crippen LogP contribution in [0.25, 0.3) is 0 Å². The Kier molecular flexibility index (Phi) is 8.07. The van der Waals surface area contributed by atoms with Gasteiger partial charge in [-0.3, -0.25) is 0 Å². The van der Waals surface area contributed by atoms with Gasteiger partial charge < -0.3 is 10.2 Å². The van der Waals surface area contributed by atoms with Gasteiger partial charge in [0.2, 0.25) is 0 Å². The Hall–Kier alpha value is -0.0800. The van der Waals surface area contributed by atoms with Crippen LogP contribution in [0.2, 0.25) is 0 Å². The molecule has 0 saturated heterocycles. The molecule has 0 aliphatic heterocycles. The molecule has 2 heteroatoms. The van der Waals surface area contributed by atoms with E-state index in [4.69, 9.17) is 0 Å². The van der Waals surface area contributed by atoms with Gasteiger partial charge in [-0.2, -0.15) is 0 Å². The lowest BCUT2D eigenvalue weighted by Gasteiger charge is -2.27. The summed E-state index contributed by atoms with van der Waals surface area (Å²) in [5, 5.41) is 3.61. The molecule has 0 aliphatic rings. The molecule has 92 valence electrons. The van der Waals surface area contributed by atoms with Gasteiger partial charge in [0.15, 0.2) is 0 Å². The van der Waals surface area contributed by atoms with Crippen LogP contribution < -0.4 is 5.32 Å². The molecule has 1 N–H and O–H groups in total. The Labute approximate surface area is 96.4 Å². The van der Waals surface area contributed by atoms with Crippen LogP contribution in [0.15, 0.2) is 0 Å². The van der Waals surface area contributed by atoms with Crippen molar-refractivity contribution in [2.45, 2.75) is 59.4 Å². The highest BCUT2D eigenvalue weighted by molar-refractivity contribution is 4.75. The highest BCUT2D eigenvalue weighted by Gasteiger charge is 2.13. The third-order valence-electron chi connectivity index (χ3n) is 3.00. The zero-order valence-electron chi connectivity index (χ0n) is 11.4. The van der Waals surface area contributed by atoms with Crippen molar-refractivity contribution in [2.24, 2.45) is 0 Å². The molecule has 0 heterocycles. The Balaban J connectivity index is 3.69. The van der Waals surface area contributed by atoms with Gasteiger partial charge in [-0.25, -0.2) is 0 Å². The van der Waals surface area contributed by atoms with Gasteiger partial charge in [0, 0.05) is 18.6 Å². The van der Waals surface area contributed by atoms with Crippen LogP contribution in [0.5, 0.6) is 0 Å². The molecule has 0 amide bonds. The van der Waals surface area contributed by atoms with Crippen LogP contribution in [-0.4, -0.2) is 36.6 Å². The third-order valence-corrected chi connectivity index (χ3v) is 3.00. The monoisotopic (exact) mass is 214 g/mol. The SMILES string of the molecule is CCCN(CCC)CCNC(C)(C)CC. The Morgan fingerprint density at radius 1 is 0.933 bits per heavy atom. The zero-order valence-corrected chi connectivity index (χ0v) is 11.4. The van der Waals surface area contributed by atoms with Gasteiger partial charge in [0.1, 0.15) is 0 Å². The molecule has 0 aromatic carbocycles. The first-order valence-corrected chi connectivity index (χ1v) is 6.53. The molecule has 0 bridgehead atoms. The van der Waals surface area contributed by atoms with E-state index in [2.05, 4.69) is 44.8 Å². The van der Waals surface area contributed by atoms with E-state index in [1.807, 2.05) is 0 Å². The molecule has 0 saturated carbocycles. The van der Waals surface area contributed by atoms with Crippen LogP contribution in [0.3, 0.4) is 0 Å². The molecule has 2 nitrogen and oxygen atoms in total. The Morgan fingerprint density at radius 3 is 1.87 bits per heavy atom. The van der Waals surface area contributed by atoms with E-state index in [-0.39, 0.29) is 0 Å². The molecular formula is C13H30N2. The van der Waals surface area contributed by atoms with Crippen molar-refractivity contribution in [1.29, 1.82) is 0 Å². The van der Waals surface area contributed by atoms with Crippen molar-refractivity contribution in [3.8, 4) is 0 Å². The first-order chi connectivity index (χ1) is 7.05. The summed E-state index contributed by atoms with van der Waals surface area (Å²) in [6.45, 7) is 16.1. The van der Waals surface area contributed by atoms with Crippen LogP contribution in [0.4, 0.5) is 0 Å². The highest BCUT2D eigenvalue weighted by Crippen LogP contribution is 2.06. The molecule has 0 atom stereocenters. The van der Waals surface area contributed by atoms with Crippen molar-refractivity contribution in [2.75, 3.05) is 26.2 Å². The summed E-state index contributed by atoms with van der Waals surface area (Å²) in [4.78, 5) is 2.55. The van der Waals surface area contributed by atoms with E-state index in [1.54, 1.807) is 0 Å². The molecular weight excluding hydrogens is 184 g/mol. The van der Waals surface area contributed by atoms with E-state index < -0.39 is 0 Å². The largest absolute Gasteiger partial charge is 0.311 e. The van der Waals surface area contributed by atoms with Gasteiger partial charge in [-0.1, -0.05) is 20.8 Å². The number of nitrogens with one attached hydrogen (secondary N) is 1. The van der Waals surface area contributed by atoms with Gasteiger partial charge in [-0.05, 0) is 46.2 Å². The van der Waals surface area contributed by atoms with Crippen molar-refractivity contribution in [1.82, 2.24) is 10.2 Å². The molecule has 0 fully saturated rings. The number of hydrogen-bond donors (Lipinski definition) is 1. The molecule has 0 aromatic heterocycles. The predicted octanol–water partition coefficient (Wildman–Crippen LogP) is 2.89. The zero-order chi connectivity index (χ0) is 11.7. The second kappa shape index (κ2) is 8.12. The summed E-state index contributed by atoms with van der Waals surface area (Å²) < 4.78 is 0. The van der Waals surface area contributed by atoms with Crippen LogP contribution in [0, 0.1) is 0 Å². The van der Waals surface area contributed by atoms with E-state index >= 15 is 0 Å². The average Bonchev–Trinajstić information content (AvgIpc) is 2.18. The van der Waals surface area contributed by atoms with Crippen molar-refractivity contribution in [3.05, 3.63) is 0 Å². The summed E-state index contributed by atoms with van der Waals surface area (Å²) in [5.74, 6) is 0. The topological polar surface area (TPSA) is 15.3 Å². The van der Waals surface area contributed by atoms with Gasteiger partial charge >= 0.3 is 0 Å². The minimum atomic E-state index is 0.296. The normalized spacial score (nSPS) is 12.4. The van der Waals surface area contributed by atoms with Gasteiger partial charge in [0.25, 0.3) is 0 Å². The fourth-order valence-corrected chi connectivity index (χ4v) is 1.65. The Morgan fingerprint density at radius 2 is 1.47 bits per heavy atom. The van der Waals surface area contributed by atoms with Crippen molar-refractivity contribution in [3.63, 3.8) is 0 Å². The molecule has 0 unspecified atom stereocenters. The highest BCUT2D eigenvalue weighted by atomic mass is 15.1. The molecule has 0 aliphatic carbocycles. The number of rotatable bonds is 9. The first-order valence-electron chi connectivity index (χ1n) is 6.53. The Bertz CT molecular complexity index is 137. The third kappa shape index (κ3) is 7.80. The van der Waals surface area contributed by atoms with Crippen LogP contribution in [-0.2, 0) is 0 Å². The van der Waals surface area contributed by atoms with Crippen molar-refractivity contribution >= 4 is 0 Å². The maximum absolute atomic E-state index is 3.61. The second-order valence-corrected chi connectivity index (χ2v) is 5.01. The quantitative estimate of drug-likeness (QED) is 0.635. The summed E-state index contributed by atoms with van der Waals surface area (Å²) in [6.07, 6.45) is 3.71. The van der Waals surface area contributed by atoms with E-state index in [1.165, 1.54) is 38.9 Å². The smallest absolute Gasteiger partial charge is 0.0123 e. The second-order valence-electron chi connectivity index (χ2n) is 5.01. The molecule has 0 aromatic rings. The number of nitrogens with zero attached hydrogens (tertiary/aromatic N) is 1. The lowest BCUT2D eigenvalue weighted by Crippen LogP contribution is -2.43. The summed E-state index contributed by atoms with van der Waals surface area (Å²) in [5.41, 5.74) is 0.296. The minimum absolute atomic E-state index is 0.296. The summed E-state index contributed by atoms with van der Waals surface area (Å²) in [7, 11) is 0. The number of hydrogen-bond acceptors (Lipinski definition) is 2. The maximum atomic E-state index is 3.61. The standard InChI is InChI=1S/C13H30N2/c1-6-10-15(11-7-2)12-9-14-13(4,5)8-3/h14H,6-12H2,1-5H3. The lowest BCUT2D eigenvalue weighted by atomic mass is 10.0. The average molecular weight is 214 g/mol. The fraction of sp³-hybridized carbons (Fsp3) is 1.00. The van der Waals surface area contributed by atoms with E-state index in [0.717, 1.165) is 6.54 Å². The van der Waals surface area contributed by atoms with E-state index in [0.29, 0.717) is 5.54 Å². The summed E-state index contributed by atoms with van der Waals surface area (Å²) in [6, 6.07) is 0.